The Morgan fingerprint density at radius 3 is 2.92 bits per heavy atom. The predicted octanol–water partition coefficient (Wildman–Crippen LogP) is 4.59. The largest absolute Gasteiger partial charge is 0.344 e. The van der Waals surface area contributed by atoms with Crippen molar-refractivity contribution in [3.63, 3.8) is 0 Å². The summed E-state index contributed by atoms with van der Waals surface area (Å²) >= 11 is 0. The van der Waals surface area contributed by atoms with Crippen LogP contribution in [0, 0.1) is 13.8 Å². The number of hydrogen-bond acceptors (Lipinski definition) is 2. The molecule has 2 bridgehead atoms. The van der Waals surface area contributed by atoms with Gasteiger partial charge in [-0.2, -0.15) is 0 Å². The van der Waals surface area contributed by atoms with E-state index in [0.29, 0.717) is 5.92 Å². The fourth-order valence-electron chi connectivity index (χ4n) is 4.96. The van der Waals surface area contributed by atoms with Gasteiger partial charge >= 0.3 is 0 Å². The van der Waals surface area contributed by atoms with Crippen molar-refractivity contribution in [3.05, 3.63) is 64.6 Å². The lowest BCUT2D eigenvalue weighted by Gasteiger charge is -2.38. The number of fused-ring (bicyclic) bond motifs is 6. The van der Waals surface area contributed by atoms with E-state index in [2.05, 4.69) is 58.6 Å². The van der Waals surface area contributed by atoms with E-state index in [1.165, 1.54) is 48.0 Å². The normalized spacial score (nSPS) is 21.8. The molecule has 1 aromatic carbocycles. The summed E-state index contributed by atoms with van der Waals surface area (Å²) in [6, 6.07) is 11.4. The smallest absolute Gasteiger partial charge is 0.0486 e. The second-order valence-corrected chi connectivity index (χ2v) is 8.17. The molecule has 3 heteroatoms. The SMILES string of the molecule is Cc1ccc2c(c1)c1c(n2CCc2ccc(C)nc2)C2CCCN(C1)C2. The van der Waals surface area contributed by atoms with Crippen molar-refractivity contribution in [2.24, 2.45) is 0 Å². The summed E-state index contributed by atoms with van der Waals surface area (Å²) in [5.41, 5.74) is 8.44. The third-order valence-electron chi connectivity index (χ3n) is 6.24. The topological polar surface area (TPSA) is 21.1 Å². The quantitative estimate of drug-likeness (QED) is 0.692. The van der Waals surface area contributed by atoms with Crippen molar-refractivity contribution >= 4 is 10.9 Å². The van der Waals surface area contributed by atoms with E-state index in [1.807, 2.05) is 6.20 Å². The highest BCUT2D eigenvalue weighted by Gasteiger charge is 2.33. The van der Waals surface area contributed by atoms with Gasteiger partial charge in [0, 0.05) is 54.0 Å². The third kappa shape index (κ3) is 2.66. The zero-order valence-electron chi connectivity index (χ0n) is 15.8. The summed E-state index contributed by atoms with van der Waals surface area (Å²) in [5.74, 6) is 0.705. The molecule has 26 heavy (non-hydrogen) atoms. The van der Waals surface area contributed by atoms with Crippen LogP contribution in [0.5, 0.6) is 0 Å². The van der Waals surface area contributed by atoms with Gasteiger partial charge in [-0.3, -0.25) is 9.88 Å². The number of benzene rings is 1. The molecule has 0 radical (unpaired) electrons. The van der Waals surface area contributed by atoms with E-state index in [0.717, 1.165) is 25.2 Å². The third-order valence-corrected chi connectivity index (χ3v) is 6.24. The Labute approximate surface area is 155 Å². The molecule has 0 N–H and O–H groups in total. The van der Waals surface area contributed by atoms with Gasteiger partial charge in [-0.15, -0.1) is 0 Å². The molecule has 2 aromatic heterocycles. The number of pyridine rings is 1. The van der Waals surface area contributed by atoms with Gasteiger partial charge in [-0.05, 0) is 69.0 Å². The van der Waals surface area contributed by atoms with Crippen LogP contribution in [0.1, 0.15) is 46.8 Å². The first-order chi connectivity index (χ1) is 12.7. The zero-order valence-corrected chi connectivity index (χ0v) is 15.8. The lowest BCUT2D eigenvalue weighted by Crippen LogP contribution is -2.39. The van der Waals surface area contributed by atoms with Crippen LogP contribution in [-0.4, -0.2) is 27.5 Å². The molecule has 2 aliphatic rings. The van der Waals surface area contributed by atoms with E-state index < -0.39 is 0 Å². The molecule has 3 nitrogen and oxygen atoms in total. The highest BCUT2D eigenvalue weighted by atomic mass is 15.2. The molecule has 2 atom stereocenters. The molecule has 4 heterocycles. The molecular formula is C23H27N3. The van der Waals surface area contributed by atoms with E-state index in [4.69, 9.17) is 0 Å². The molecule has 2 aliphatic heterocycles. The highest BCUT2D eigenvalue weighted by Crippen LogP contribution is 2.41. The van der Waals surface area contributed by atoms with Crippen LogP contribution < -0.4 is 0 Å². The molecule has 0 spiro atoms. The van der Waals surface area contributed by atoms with Gasteiger partial charge in [-0.25, -0.2) is 0 Å². The molecule has 2 unspecified atom stereocenters. The Morgan fingerprint density at radius 2 is 2.08 bits per heavy atom. The van der Waals surface area contributed by atoms with Crippen molar-refractivity contribution in [1.82, 2.24) is 14.5 Å². The average Bonchev–Trinajstić information content (AvgIpc) is 2.94. The van der Waals surface area contributed by atoms with Crippen molar-refractivity contribution in [1.29, 1.82) is 0 Å². The average molecular weight is 345 g/mol. The van der Waals surface area contributed by atoms with Crippen LogP contribution >= 0.6 is 0 Å². The minimum Gasteiger partial charge on any atom is -0.344 e. The van der Waals surface area contributed by atoms with E-state index in [9.17, 15) is 0 Å². The Balaban J connectivity index is 1.58. The van der Waals surface area contributed by atoms with Crippen LogP contribution in [0.2, 0.25) is 0 Å². The fourth-order valence-corrected chi connectivity index (χ4v) is 4.96. The zero-order chi connectivity index (χ0) is 17.7. The number of hydrogen-bond donors (Lipinski definition) is 0. The minimum absolute atomic E-state index is 0.705. The molecule has 5 rings (SSSR count). The number of aromatic nitrogens is 2. The molecule has 1 fully saturated rings. The first-order valence-electron chi connectivity index (χ1n) is 9.94. The van der Waals surface area contributed by atoms with Crippen molar-refractivity contribution in [2.75, 3.05) is 13.1 Å². The van der Waals surface area contributed by atoms with Crippen LogP contribution in [0.25, 0.3) is 10.9 Å². The van der Waals surface area contributed by atoms with Crippen molar-refractivity contribution in [2.45, 2.75) is 52.1 Å². The van der Waals surface area contributed by atoms with Crippen molar-refractivity contribution < 1.29 is 0 Å². The first-order valence-corrected chi connectivity index (χ1v) is 9.94. The standard InChI is InChI=1S/C23H27N3/c1-16-5-8-22-20(12-16)21-15-25-10-3-4-19(14-25)23(21)26(22)11-9-18-7-6-17(2)24-13-18/h5-8,12-13,19H,3-4,9-11,14-15H2,1-2H3. The minimum atomic E-state index is 0.705. The van der Waals surface area contributed by atoms with Gasteiger partial charge in [0.05, 0.1) is 0 Å². The van der Waals surface area contributed by atoms with Crippen LogP contribution in [0.3, 0.4) is 0 Å². The fraction of sp³-hybridized carbons (Fsp3) is 0.435. The Hall–Kier alpha value is -2.13. The molecule has 0 aliphatic carbocycles. The van der Waals surface area contributed by atoms with Gasteiger partial charge in [0.1, 0.15) is 0 Å². The maximum atomic E-state index is 4.47. The van der Waals surface area contributed by atoms with E-state index >= 15 is 0 Å². The molecule has 1 saturated heterocycles. The van der Waals surface area contributed by atoms with Gasteiger partial charge in [-0.1, -0.05) is 17.7 Å². The Morgan fingerprint density at radius 1 is 1.15 bits per heavy atom. The van der Waals surface area contributed by atoms with E-state index in [-0.39, 0.29) is 0 Å². The van der Waals surface area contributed by atoms with Crippen molar-refractivity contribution in [3.8, 4) is 0 Å². The van der Waals surface area contributed by atoms with Gasteiger partial charge in [0.25, 0.3) is 0 Å². The monoisotopic (exact) mass is 345 g/mol. The first kappa shape index (κ1) is 16.1. The number of nitrogens with zero attached hydrogens (tertiary/aromatic N) is 3. The lowest BCUT2D eigenvalue weighted by molar-refractivity contribution is 0.178. The maximum absolute atomic E-state index is 4.47. The molecule has 134 valence electrons. The lowest BCUT2D eigenvalue weighted by atomic mass is 9.87. The summed E-state index contributed by atoms with van der Waals surface area (Å²) in [4.78, 5) is 7.13. The number of rotatable bonds is 3. The number of piperidine rings is 1. The Bertz CT molecular complexity index is 952. The predicted molar refractivity (Wildman–Crippen MR) is 107 cm³/mol. The van der Waals surface area contributed by atoms with Gasteiger partial charge in [0.15, 0.2) is 0 Å². The summed E-state index contributed by atoms with van der Waals surface area (Å²) in [7, 11) is 0. The maximum Gasteiger partial charge on any atom is 0.0486 e. The second kappa shape index (κ2) is 6.24. The van der Waals surface area contributed by atoms with Crippen LogP contribution in [0.4, 0.5) is 0 Å². The molecular weight excluding hydrogens is 318 g/mol. The van der Waals surface area contributed by atoms with Crippen LogP contribution in [-0.2, 0) is 19.5 Å². The van der Waals surface area contributed by atoms with Gasteiger partial charge < -0.3 is 4.57 Å². The van der Waals surface area contributed by atoms with Crippen LogP contribution in [0.15, 0.2) is 36.5 Å². The second-order valence-electron chi connectivity index (χ2n) is 8.17. The molecule has 3 aromatic rings. The summed E-state index contributed by atoms with van der Waals surface area (Å²) in [5, 5.41) is 1.48. The number of aryl methyl sites for hydroxylation is 4. The summed E-state index contributed by atoms with van der Waals surface area (Å²) in [6.45, 7) is 8.96. The van der Waals surface area contributed by atoms with E-state index in [1.54, 1.807) is 11.3 Å². The Kier molecular flexibility index (Phi) is 3.86. The molecule has 0 saturated carbocycles. The summed E-state index contributed by atoms with van der Waals surface area (Å²) < 4.78 is 2.64. The summed E-state index contributed by atoms with van der Waals surface area (Å²) in [6.07, 6.45) is 5.77. The molecule has 0 amide bonds. The van der Waals surface area contributed by atoms with Gasteiger partial charge in [0.2, 0.25) is 0 Å². The highest BCUT2D eigenvalue weighted by molar-refractivity contribution is 5.87.